The van der Waals surface area contributed by atoms with Crippen LogP contribution in [0.3, 0.4) is 0 Å². The normalized spacial score (nSPS) is 12.7. The average molecular weight is 431 g/mol. The first-order valence-electron chi connectivity index (χ1n) is 10.3. The summed E-state index contributed by atoms with van der Waals surface area (Å²) in [7, 11) is 0. The zero-order chi connectivity index (χ0) is 22.7. The minimum absolute atomic E-state index is 0.0103. The molecule has 1 amide bonds. The largest absolute Gasteiger partial charge is 0.433 e. The van der Waals surface area contributed by atoms with Crippen molar-refractivity contribution in [2.45, 2.75) is 59.7 Å². The van der Waals surface area contributed by atoms with Crippen molar-refractivity contribution in [2.24, 2.45) is 5.92 Å². The number of carbonyl (C=O) groups excluding carboxylic acids is 1. The van der Waals surface area contributed by atoms with Crippen molar-refractivity contribution in [1.29, 1.82) is 0 Å². The highest BCUT2D eigenvalue weighted by atomic mass is 19.3. The van der Waals surface area contributed by atoms with Crippen LogP contribution in [0.5, 0.6) is 5.75 Å². The average Bonchev–Trinajstić information content (AvgIpc) is 3.10. The number of nitrogens with one attached hydrogen (secondary N) is 1. The fourth-order valence-electron chi connectivity index (χ4n) is 3.44. The molecule has 3 aromatic heterocycles. The van der Waals surface area contributed by atoms with Crippen molar-refractivity contribution in [3.8, 4) is 17.0 Å². The van der Waals surface area contributed by atoms with E-state index >= 15 is 0 Å². The summed E-state index contributed by atoms with van der Waals surface area (Å²) in [5.41, 5.74) is 2.65. The maximum absolute atomic E-state index is 12.8. The lowest BCUT2D eigenvalue weighted by Crippen LogP contribution is -2.38. The fourth-order valence-corrected chi connectivity index (χ4v) is 3.44. The molecule has 0 aliphatic carbocycles. The molecule has 1 atom stereocenters. The summed E-state index contributed by atoms with van der Waals surface area (Å²) in [6.07, 6.45) is 5.07. The second kappa shape index (κ2) is 9.36. The molecule has 166 valence electrons. The molecule has 3 aromatic rings. The van der Waals surface area contributed by atoms with E-state index in [9.17, 15) is 13.6 Å². The molecular formula is C22H27F2N5O2. The molecule has 31 heavy (non-hydrogen) atoms. The van der Waals surface area contributed by atoms with Crippen LogP contribution < -0.4 is 10.1 Å². The van der Waals surface area contributed by atoms with E-state index in [1.165, 1.54) is 24.7 Å². The lowest BCUT2D eigenvalue weighted by molar-refractivity contribution is -0.0500. The lowest BCUT2D eigenvalue weighted by Gasteiger charge is -2.20. The Labute approximate surface area is 179 Å². The second-order valence-electron chi connectivity index (χ2n) is 8.00. The Hall–Kier alpha value is -3.10. The van der Waals surface area contributed by atoms with Gasteiger partial charge in [-0.2, -0.15) is 13.9 Å². The number of hydrogen-bond donors (Lipinski definition) is 1. The van der Waals surface area contributed by atoms with E-state index in [-0.39, 0.29) is 23.7 Å². The molecule has 0 aromatic carbocycles. The van der Waals surface area contributed by atoms with E-state index in [1.54, 1.807) is 10.7 Å². The summed E-state index contributed by atoms with van der Waals surface area (Å²) in [6.45, 7) is 7.14. The van der Waals surface area contributed by atoms with Crippen LogP contribution in [0.25, 0.3) is 22.3 Å². The van der Waals surface area contributed by atoms with Crippen molar-refractivity contribution in [3.63, 3.8) is 0 Å². The van der Waals surface area contributed by atoms with E-state index in [0.717, 1.165) is 6.42 Å². The van der Waals surface area contributed by atoms with Gasteiger partial charge in [0, 0.05) is 30.0 Å². The van der Waals surface area contributed by atoms with Gasteiger partial charge in [0.05, 0.1) is 17.3 Å². The van der Waals surface area contributed by atoms with Gasteiger partial charge in [0.1, 0.15) is 17.0 Å². The second-order valence-corrected chi connectivity index (χ2v) is 8.00. The van der Waals surface area contributed by atoms with Crippen molar-refractivity contribution < 1.29 is 18.3 Å². The Morgan fingerprint density at radius 3 is 2.52 bits per heavy atom. The zero-order valence-electron chi connectivity index (χ0n) is 18.3. The number of rotatable bonds is 8. The Balaban J connectivity index is 2.04. The van der Waals surface area contributed by atoms with Crippen molar-refractivity contribution in [2.75, 3.05) is 0 Å². The number of carbonyl (C=O) groups is 1. The van der Waals surface area contributed by atoms with Crippen LogP contribution in [-0.2, 0) is 0 Å². The van der Waals surface area contributed by atoms with Gasteiger partial charge in [-0.15, -0.1) is 0 Å². The lowest BCUT2D eigenvalue weighted by atomic mass is 10.0. The molecule has 3 heterocycles. The fraction of sp³-hybridized carbons (Fsp3) is 0.455. The third kappa shape index (κ3) is 4.98. The maximum atomic E-state index is 12.8. The summed E-state index contributed by atoms with van der Waals surface area (Å²) >= 11 is 0. The van der Waals surface area contributed by atoms with Crippen LogP contribution in [0, 0.1) is 5.92 Å². The van der Waals surface area contributed by atoms with Crippen molar-refractivity contribution in [1.82, 2.24) is 25.1 Å². The minimum Gasteiger partial charge on any atom is -0.433 e. The van der Waals surface area contributed by atoms with Gasteiger partial charge in [0.25, 0.3) is 5.91 Å². The van der Waals surface area contributed by atoms with Gasteiger partial charge in [0.15, 0.2) is 0 Å². The summed E-state index contributed by atoms with van der Waals surface area (Å²) in [5, 5.41) is 7.68. The zero-order valence-corrected chi connectivity index (χ0v) is 18.3. The molecular weight excluding hydrogens is 404 g/mol. The molecule has 0 radical (unpaired) electrons. The van der Waals surface area contributed by atoms with Crippen LogP contribution >= 0.6 is 0 Å². The van der Waals surface area contributed by atoms with Crippen LogP contribution in [-0.4, -0.2) is 38.3 Å². The first kappa shape index (κ1) is 22.6. The first-order chi connectivity index (χ1) is 14.7. The number of pyridine rings is 2. The predicted molar refractivity (Wildman–Crippen MR) is 114 cm³/mol. The number of alkyl halides is 2. The molecule has 0 aliphatic heterocycles. The van der Waals surface area contributed by atoms with Gasteiger partial charge < -0.3 is 10.1 Å². The quantitative estimate of drug-likeness (QED) is 0.552. The van der Waals surface area contributed by atoms with E-state index in [4.69, 9.17) is 0 Å². The Kier molecular flexibility index (Phi) is 6.82. The summed E-state index contributed by atoms with van der Waals surface area (Å²) < 4.78 is 31.4. The van der Waals surface area contributed by atoms with Crippen molar-refractivity contribution >= 4 is 16.9 Å². The van der Waals surface area contributed by atoms with Gasteiger partial charge in [0.2, 0.25) is 0 Å². The van der Waals surface area contributed by atoms with Gasteiger partial charge in [-0.05, 0) is 38.3 Å². The molecule has 0 spiro atoms. The molecule has 0 aliphatic rings. The molecule has 0 saturated heterocycles. The molecule has 1 unspecified atom stereocenters. The standard InChI is InChI=1S/C22H27F2N5O2/c1-6-17(12(2)3)27-21(30)15-8-18-20(26-10-15)19(28-29(18)13(4)5)14-7-16(11-25-9-14)31-22(23)24/h7-13,17,22H,6H2,1-5H3,(H,27,30). The van der Waals surface area contributed by atoms with E-state index in [1.807, 2.05) is 20.8 Å². The highest BCUT2D eigenvalue weighted by Crippen LogP contribution is 2.30. The van der Waals surface area contributed by atoms with Gasteiger partial charge in [-0.25, -0.2) is 0 Å². The number of fused-ring (bicyclic) bond motifs is 1. The Morgan fingerprint density at radius 2 is 1.90 bits per heavy atom. The summed E-state index contributed by atoms with van der Waals surface area (Å²) in [5.74, 6) is 0.0608. The minimum atomic E-state index is -2.95. The van der Waals surface area contributed by atoms with E-state index in [2.05, 4.69) is 39.0 Å². The predicted octanol–water partition coefficient (Wildman–Crippen LogP) is 4.84. The topological polar surface area (TPSA) is 81.9 Å². The number of hydrogen-bond acceptors (Lipinski definition) is 5. The number of nitrogens with zero attached hydrogens (tertiary/aromatic N) is 4. The number of amides is 1. The van der Waals surface area contributed by atoms with Crippen molar-refractivity contribution in [3.05, 3.63) is 36.3 Å². The Bertz CT molecular complexity index is 1070. The van der Waals surface area contributed by atoms with Gasteiger partial charge in [-0.3, -0.25) is 19.4 Å². The molecule has 3 rings (SSSR count). The maximum Gasteiger partial charge on any atom is 0.387 e. The van der Waals surface area contributed by atoms with Gasteiger partial charge in [-0.1, -0.05) is 20.8 Å². The van der Waals surface area contributed by atoms with E-state index in [0.29, 0.717) is 33.8 Å². The highest BCUT2D eigenvalue weighted by Gasteiger charge is 2.20. The van der Waals surface area contributed by atoms with Gasteiger partial charge >= 0.3 is 6.61 Å². The number of halogens is 2. The number of ether oxygens (including phenoxy) is 1. The molecule has 0 bridgehead atoms. The molecule has 9 heteroatoms. The van der Waals surface area contributed by atoms with Crippen LogP contribution in [0.4, 0.5) is 8.78 Å². The highest BCUT2D eigenvalue weighted by molar-refractivity contribution is 5.99. The van der Waals surface area contributed by atoms with Crippen LogP contribution in [0.2, 0.25) is 0 Å². The summed E-state index contributed by atoms with van der Waals surface area (Å²) in [4.78, 5) is 21.3. The molecule has 7 nitrogen and oxygen atoms in total. The van der Waals surface area contributed by atoms with Crippen LogP contribution in [0.1, 0.15) is 57.4 Å². The molecule has 1 N–H and O–H groups in total. The third-order valence-electron chi connectivity index (χ3n) is 5.07. The molecule has 0 saturated carbocycles. The third-order valence-corrected chi connectivity index (χ3v) is 5.07. The Morgan fingerprint density at radius 1 is 1.16 bits per heavy atom. The first-order valence-corrected chi connectivity index (χ1v) is 10.3. The SMILES string of the molecule is CCC(NC(=O)c1cnc2c(-c3cncc(OC(F)F)c3)nn(C(C)C)c2c1)C(C)C. The smallest absolute Gasteiger partial charge is 0.387 e. The number of aromatic nitrogens is 4. The van der Waals surface area contributed by atoms with E-state index < -0.39 is 6.61 Å². The summed E-state index contributed by atoms with van der Waals surface area (Å²) in [6, 6.07) is 3.26. The van der Waals surface area contributed by atoms with Crippen LogP contribution in [0.15, 0.2) is 30.7 Å². The molecule has 0 fully saturated rings. The monoisotopic (exact) mass is 431 g/mol.